The zero-order chi connectivity index (χ0) is 14.1. The molecular formula is C13H19Cl2N3O. The van der Waals surface area contributed by atoms with E-state index in [0.29, 0.717) is 22.5 Å². The lowest BCUT2D eigenvalue weighted by Gasteiger charge is -2.06. The molecule has 0 amide bonds. The molecule has 19 heavy (non-hydrogen) atoms. The fraction of sp³-hybridized carbons (Fsp3) is 0.462. The summed E-state index contributed by atoms with van der Waals surface area (Å²) in [7, 11) is 0. The van der Waals surface area contributed by atoms with Gasteiger partial charge in [0.1, 0.15) is 0 Å². The van der Waals surface area contributed by atoms with E-state index in [9.17, 15) is 0 Å². The number of nitrogens with zero attached hydrogens (tertiary/aromatic N) is 1. The van der Waals surface area contributed by atoms with Gasteiger partial charge in [0.25, 0.3) is 0 Å². The number of nitrogens with two attached hydrogens (primary N) is 1. The second kappa shape index (κ2) is 9.02. The molecule has 0 spiro atoms. The molecule has 0 fully saturated rings. The minimum absolute atomic E-state index is 0.405. The van der Waals surface area contributed by atoms with Crippen LogP contribution in [-0.4, -0.2) is 25.7 Å². The van der Waals surface area contributed by atoms with E-state index in [1.54, 1.807) is 12.1 Å². The van der Waals surface area contributed by atoms with E-state index in [1.165, 1.54) is 0 Å². The van der Waals surface area contributed by atoms with Crippen LogP contribution in [0.15, 0.2) is 23.2 Å². The molecule has 0 aliphatic rings. The van der Waals surface area contributed by atoms with Crippen LogP contribution in [-0.2, 0) is 11.3 Å². The number of benzene rings is 1. The second-order valence-corrected chi connectivity index (χ2v) is 4.76. The van der Waals surface area contributed by atoms with E-state index in [2.05, 4.69) is 10.3 Å². The normalized spacial score (nSPS) is 11.6. The summed E-state index contributed by atoms with van der Waals surface area (Å²) in [5.41, 5.74) is 6.64. The molecule has 4 nitrogen and oxygen atoms in total. The quantitative estimate of drug-likeness (QED) is 0.462. The van der Waals surface area contributed by atoms with Crippen LogP contribution in [0.2, 0.25) is 10.0 Å². The maximum Gasteiger partial charge on any atom is 0.188 e. The zero-order valence-electron chi connectivity index (χ0n) is 11.0. The zero-order valence-corrected chi connectivity index (χ0v) is 12.5. The summed E-state index contributed by atoms with van der Waals surface area (Å²) < 4.78 is 5.22. The molecule has 0 heterocycles. The van der Waals surface area contributed by atoms with Crippen molar-refractivity contribution in [1.29, 1.82) is 0 Å². The maximum absolute atomic E-state index is 6.04. The average molecular weight is 304 g/mol. The monoisotopic (exact) mass is 303 g/mol. The summed E-state index contributed by atoms with van der Waals surface area (Å²) in [4.78, 5) is 4.22. The minimum Gasteiger partial charge on any atom is -0.382 e. The number of rotatable bonds is 7. The molecule has 106 valence electrons. The Bertz CT molecular complexity index is 424. The highest BCUT2D eigenvalue weighted by Crippen LogP contribution is 2.21. The highest BCUT2D eigenvalue weighted by molar-refractivity contribution is 6.35. The first-order valence-corrected chi connectivity index (χ1v) is 6.94. The molecule has 1 rings (SSSR count). The van der Waals surface area contributed by atoms with Crippen LogP contribution >= 0.6 is 23.2 Å². The molecule has 6 heteroatoms. The molecule has 0 aromatic heterocycles. The van der Waals surface area contributed by atoms with Gasteiger partial charge in [0.05, 0.1) is 6.54 Å². The second-order valence-electron chi connectivity index (χ2n) is 3.91. The van der Waals surface area contributed by atoms with Crippen molar-refractivity contribution < 1.29 is 4.74 Å². The van der Waals surface area contributed by atoms with E-state index >= 15 is 0 Å². The van der Waals surface area contributed by atoms with Gasteiger partial charge in [-0.15, -0.1) is 0 Å². The van der Waals surface area contributed by atoms with E-state index < -0.39 is 0 Å². The smallest absolute Gasteiger partial charge is 0.188 e. The molecule has 0 unspecified atom stereocenters. The lowest BCUT2D eigenvalue weighted by atomic mass is 10.2. The third kappa shape index (κ3) is 6.66. The summed E-state index contributed by atoms with van der Waals surface area (Å²) >= 11 is 11.9. The van der Waals surface area contributed by atoms with Crippen LogP contribution in [0.1, 0.15) is 18.9 Å². The van der Waals surface area contributed by atoms with Gasteiger partial charge in [0.15, 0.2) is 5.96 Å². The molecule has 0 saturated carbocycles. The summed E-state index contributed by atoms with van der Waals surface area (Å²) in [6, 6.07) is 5.32. The maximum atomic E-state index is 6.04. The lowest BCUT2D eigenvalue weighted by molar-refractivity contribution is 0.145. The van der Waals surface area contributed by atoms with Crippen molar-refractivity contribution in [3.05, 3.63) is 33.8 Å². The van der Waals surface area contributed by atoms with Crippen LogP contribution in [0, 0.1) is 0 Å². The Balaban J connectivity index is 2.34. The van der Waals surface area contributed by atoms with Crippen molar-refractivity contribution in [2.45, 2.75) is 19.9 Å². The number of hydrogen-bond donors (Lipinski definition) is 2. The van der Waals surface area contributed by atoms with Gasteiger partial charge in [-0.3, -0.25) is 0 Å². The number of nitrogens with one attached hydrogen (secondary N) is 1. The van der Waals surface area contributed by atoms with E-state index in [4.69, 9.17) is 33.7 Å². The minimum atomic E-state index is 0.405. The highest BCUT2D eigenvalue weighted by atomic mass is 35.5. The Hall–Kier alpha value is -0.970. The van der Waals surface area contributed by atoms with Crippen molar-refractivity contribution in [2.24, 2.45) is 10.7 Å². The Morgan fingerprint density at radius 3 is 2.89 bits per heavy atom. The standard InChI is InChI=1S/C13H19Cl2N3O/c1-2-19-7-3-6-17-13(16)18-9-10-4-5-11(14)8-12(10)15/h4-5,8H,2-3,6-7,9H2,1H3,(H3,16,17,18). The Morgan fingerprint density at radius 2 is 2.21 bits per heavy atom. The molecule has 0 bridgehead atoms. The first kappa shape index (κ1) is 16.1. The molecule has 0 aliphatic carbocycles. The van der Waals surface area contributed by atoms with Crippen LogP contribution in [0.4, 0.5) is 0 Å². The van der Waals surface area contributed by atoms with Gasteiger partial charge in [-0.2, -0.15) is 0 Å². The first-order valence-electron chi connectivity index (χ1n) is 6.19. The first-order chi connectivity index (χ1) is 9.13. The van der Waals surface area contributed by atoms with Crippen LogP contribution in [0.3, 0.4) is 0 Å². The Kier molecular flexibility index (Phi) is 7.63. The van der Waals surface area contributed by atoms with Gasteiger partial charge in [-0.05, 0) is 31.0 Å². The molecule has 3 N–H and O–H groups in total. The molecule has 1 aromatic rings. The number of ether oxygens (including phenoxy) is 1. The van der Waals surface area contributed by atoms with Gasteiger partial charge < -0.3 is 15.8 Å². The van der Waals surface area contributed by atoms with Crippen LogP contribution in [0.25, 0.3) is 0 Å². The predicted molar refractivity (Wildman–Crippen MR) is 80.9 cm³/mol. The van der Waals surface area contributed by atoms with Crippen LogP contribution < -0.4 is 11.1 Å². The molecule has 1 aromatic carbocycles. The third-order valence-corrected chi connectivity index (χ3v) is 3.00. The third-order valence-electron chi connectivity index (χ3n) is 2.41. The van der Waals surface area contributed by atoms with Gasteiger partial charge in [0.2, 0.25) is 0 Å². The van der Waals surface area contributed by atoms with Gasteiger partial charge >= 0.3 is 0 Å². The Morgan fingerprint density at radius 1 is 1.42 bits per heavy atom. The summed E-state index contributed by atoms with van der Waals surface area (Å²) in [5, 5.41) is 4.23. The van der Waals surface area contributed by atoms with Gasteiger partial charge in [-0.25, -0.2) is 4.99 Å². The molecule has 0 aliphatic heterocycles. The van der Waals surface area contributed by atoms with Crippen molar-refractivity contribution in [3.8, 4) is 0 Å². The predicted octanol–water partition coefficient (Wildman–Crippen LogP) is 2.82. The fourth-order valence-electron chi connectivity index (χ4n) is 1.41. The molecule has 0 atom stereocenters. The largest absolute Gasteiger partial charge is 0.382 e. The number of hydrogen-bond acceptors (Lipinski definition) is 2. The van der Waals surface area contributed by atoms with Crippen molar-refractivity contribution in [2.75, 3.05) is 19.8 Å². The van der Waals surface area contributed by atoms with E-state index in [-0.39, 0.29) is 0 Å². The molecule has 0 saturated heterocycles. The summed E-state index contributed by atoms with van der Waals surface area (Å²) in [5.74, 6) is 0.405. The number of halogens is 2. The lowest BCUT2D eigenvalue weighted by Crippen LogP contribution is -2.32. The molecular weight excluding hydrogens is 285 g/mol. The van der Waals surface area contributed by atoms with Gasteiger partial charge in [-0.1, -0.05) is 29.3 Å². The average Bonchev–Trinajstić information content (AvgIpc) is 2.37. The van der Waals surface area contributed by atoms with Crippen molar-refractivity contribution in [3.63, 3.8) is 0 Å². The van der Waals surface area contributed by atoms with Crippen molar-refractivity contribution in [1.82, 2.24) is 5.32 Å². The summed E-state index contributed by atoms with van der Waals surface area (Å²) in [6.07, 6.45) is 0.895. The topological polar surface area (TPSA) is 59.6 Å². The highest BCUT2D eigenvalue weighted by Gasteiger charge is 2.00. The SMILES string of the molecule is CCOCCCNC(N)=NCc1ccc(Cl)cc1Cl. The van der Waals surface area contributed by atoms with Crippen molar-refractivity contribution >= 4 is 29.2 Å². The van der Waals surface area contributed by atoms with Gasteiger partial charge in [0, 0.05) is 29.8 Å². The Labute approximate surface area is 123 Å². The molecule has 0 radical (unpaired) electrons. The fourth-order valence-corrected chi connectivity index (χ4v) is 1.88. The van der Waals surface area contributed by atoms with E-state index in [1.807, 2.05) is 13.0 Å². The number of aliphatic imine (C=N–C) groups is 1. The van der Waals surface area contributed by atoms with E-state index in [0.717, 1.165) is 31.7 Å². The summed E-state index contributed by atoms with van der Waals surface area (Å²) in [6.45, 7) is 4.60. The van der Waals surface area contributed by atoms with Crippen LogP contribution in [0.5, 0.6) is 0 Å². The number of guanidine groups is 1.